The monoisotopic (exact) mass is 212 g/mol. The highest BCUT2D eigenvalue weighted by atomic mass is 35.5. The molecule has 2 saturated heterocycles. The summed E-state index contributed by atoms with van der Waals surface area (Å²) >= 11 is 0. The first-order valence-electron chi connectivity index (χ1n) is 4.26. The summed E-state index contributed by atoms with van der Waals surface area (Å²) in [6, 6.07) is 2.41. The minimum atomic E-state index is 0. The summed E-state index contributed by atoms with van der Waals surface area (Å²) in [6.07, 6.45) is 1.39. The van der Waals surface area contributed by atoms with Gasteiger partial charge in [-0.05, 0) is 20.3 Å². The fraction of sp³-hybridized carbons (Fsp3) is 1.00. The Morgan fingerprint density at radius 1 is 1.33 bits per heavy atom. The molecular weight excluding hydrogens is 195 g/mol. The van der Waals surface area contributed by atoms with Crippen molar-refractivity contribution in [1.29, 1.82) is 0 Å². The van der Waals surface area contributed by atoms with E-state index in [9.17, 15) is 0 Å². The van der Waals surface area contributed by atoms with Gasteiger partial charge in [0.1, 0.15) is 0 Å². The molecule has 74 valence electrons. The third-order valence-corrected chi connectivity index (χ3v) is 2.76. The number of piperazine rings is 1. The van der Waals surface area contributed by atoms with Crippen molar-refractivity contribution in [2.75, 3.05) is 13.1 Å². The normalized spacial score (nSPS) is 33.2. The van der Waals surface area contributed by atoms with Gasteiger partial charge in [-0.3, -0.25) is 4.90 Å². The van der Waals surface area contributed by atoms with E-state index in [4.69, 9.17) is 0 Å². The Balaban J connectivity index is 0.000000605. The third kappa shape index (κ3) is 2.05. The van der Waals surface area contributed by atoms with E-state index in [-0.39, 0.29) is 24.8 Å². The Morgan fingerprint density at radius 3 is 2.25 bits per heavy atom. The van der Waals surface area contributed by atoms with Crippen molar-refractivity contribution < 1.29 is 0 Å². The molecule has 2 atom stereocenters. The van der Waals surface area contributed by atoms with E-state index in [0.717, 1.165) is 18.1 Å². The summed E-state index contributed by atoms with van der Waals surface area (Å²) in [5.41, 5.74) is 0. The van der Waals surface area contributed by atoms with Crippen LogP contribution < -0.4 is 5.32 Å². The molecule has 2 aliphatic heterocycles. The van der Waals surface area contributed by atoms with Crippen LogP contribution in [0.25, 0.3) is 0 Å². The van der Waals surface area contributed by atoms with Gasteiger partial charge in [0, 0.05) is 31.2 Å². The molecule has 12 heavy (non-hydrogen) atoms. The minimum absolute atomic E-state index is 0. The lowest BCUT2D eigenvalue weighted by Crippen LogP contribution is -2.46. The largest absolute Gasteiger partial charge is 0.311 e. The van der Waals surface area contributed by atoms with Gasteiger partial charge in [-0.2, -0.15) is 0 Å². The highest BCUT2D eigenvalue weighted by Crippen LogP contribution is 2.24. The van der Waals surface area contributed by atoms with E-state index in [1.165, 1.54) is 19.5 Å². The maximum atomic E-state index is 3.50. The first kappa shape index (κ1) is 12.5. The lowest BCUT2D eigenvalue weighted by atomic mass is 10.2. The number of fused-ring (bicyclic) bond motifs is 2. The molecule has 0 aromatic rings. The zero-order valence-electron chi connectivity index (χ0n) is 7.62. The van der Waals surface area contributed by atoms with Crippen molar-refractivity contribution in [3.8, 4) is 0 Å². The number of nitrogens with one attached hydrogen (secondary N) is 1. The molecule has 0 amide bonds. The topological polar surface area (TPSA) is 15.3 Å². The summed E-state index contributed by atoms with van der Waals surface area (Å²) in [4.78, 5) is 2.61. The molecule has 4 heteroatoms. The van der Waals surface area contributed by atoms with Crippen LogP contribution in [-0.4, -0.2) is 36.1 Å². The summed E-state index contributed by atoms with van der Waals surface area (Å²) in [6.45, 7) is 7.09. The Hall–Kier alpha value is 0.500. The maximum absolute atomic E-state index is 3.50. The maximum Gasteiger partial charge on any atom is 0.0239 e. The fourth-order valence-corrected chi connectivity index (χ4v) is 2.23. The predicted molar refractivity (Wildman–Crippen MR) is 56.5 cm³/mol. The van der Waals surface area contributed by atoms with Crippen LogP contribution >= 0.6 is 24.8 Å². The third-order valence-electron chi connectivity index (χ3n) is 2.76. The highest BCUT2D eigenvalue weighted by molar-refractivity contribution is 5.85. The van der Waals surface area contributed by atoms with Crippen molar-refractivity contribution in [2.45, 2.75) is 38.4 Å². The minimum Gasteiger partial charge on any atom is -0.311 e. The summed E-state index contributed by atoms with van der Waals surface area (Å²) in [5.74, 6) is 0. The highest BCUT2D eigenvalue weighted by Gasteiger charge is 2.38. The summed E-state index contributed by atoms with van der Waals surface area (Å²) in [7, 11) is 0. The van der Waals surface area contributed by atoms with Crippen molar-refractivity contribution in [3.05, 3.63) is 0 Å². The van der Waals surface area contributed by atoms with Gasteiger partial charge < -0.3 is 5.32 Å². The number of rotatable bonds is 1. The molecule has 2 nitrogen and oxygen atoms in total. The Kier molecular flexibility index (Phi) is 4.85. The zero-order chi connectivity index (χ0) is 7.14. The molecule has 2 heterocycles. The second-order valence-corrected chi connectivity index (χ2v) is 3.79. The molecule has 2 unspecified atom stereocenters. The number of halogens is 2. The van der Waals surface area contributed by atoms with E-state index < -0.39 is 0 Å². The number of hydrogen-bond acceptors (Lipinski definition) is 2. The Bertz CT molecular complexity index is 141. The Morgan fingerprint density at radius 2 is 2.00 bits per heavy atom. The van der Waals surface area contributed by atoms with Crippen molar-refractivity contribution >= 4 is 24.8 Å². The molecule has 0 radical (unpaired) electrons. The molecule has 2 bridgehead atoms. The molecule has 0 aromatic carbocycles. The van der Waals surface area contributed by atoms with Crippen molar-refractivity contribution in [2.24, 2.45) is 0 Å². The van der Waals surface area contributed by atoms with E-state index in [0.29, 0.717) is 0 Å². The van der Waals surface area contributed by atoms with Crippen LogP contribution in [0.5, 0.6) is 0 Å². The van der Waals surface area contributed by atoms with Crippen molar-refractivity contribution in [3.63, 3.8) is 0 Å². The lowest BCUT2D eigenvalue weighted by Gasteiger charge is -2.30. The van der Waals surface area contributed by atoms with E-state index in [1.54, 1.807) is 0 Å². The Labute approximate surface area is 86.9 Å². The second-order valence-electron chi connectivity index (χ2n) is 3.79. The van der Waals surface area contributed by atoms with Crippen LogP contribution in [0.2, 0.25) is 0 Å². The first-order chi connectivity index (χ1) is 4.77. The fourth-order valence-electron chi connectivity index (χ4n) is 2.23. The van der Waals surface area contributed by atoms with Gasteiger partial charge in [0.15, 0.2) is 0 Å². The first-order valence-corrected chi connectivity index (χ1v) is 4.26. The average Bonchev–Trinajstić information content (AvgIpc) is 2.44. The van der Waals surface area contributed by atoms with Crippen LogP contribution in [0.1, 0.15) is 20.3 Å². The van der Waals surface area contributed by atoms with Crippen LogP contribution in [-0.2, 0) is 0 Å². The summed E-state index contributed by atoms with van der Waals surface area (Å²) in [5, 5.41) is 3.50. The molecule has 0 saturated carbocycles. The second kappa shape index (κ2) is 4.66. The summed E-state index contributed by atoms with van der Waals surface area (Å²) < 4.78 is 0. The number of hydrogen-bond donors (Lipinski definition) is 1. The molecule has 0 aliphatic carbocycles. The molecule has 1 N–H and O–H groups in total. The van der Waals surface area contributed by atoms with Crippen LogP contribution in [0.3, 0.4) is 0 Å². The van der Waals surface area contributed by atoms with Crippen LogP contribution in [0, 0.1) is 0 Å². The van der Waals surface area contributed by atoms with E-state index in [1.807, 2.05) is 0 Å². The smallest absolute Gasteiger partial charge is 0.0239 e. The standard InChI is InChI=1S/C8H16N2.2ClH/c1-6(2)10-5-7-3-8(10)4-9-7;;/h6-9H,3-5H2,1-2H3;2*1H. The average molecular weight is 213 g/mol. The van der Waals surface area contributed by atoms with Gasteiger partial charge in [0.25, 0.3) is 0 Å². The van der Waals surface area contributed by atoms with Crippen LogP contribution in [0.4, 0.5) is 0 Å². The van der Waals surface area contributed by atoms with Gasteiger partial charge in [-0.15, -0.1) is 24.8 Å². The van der Waals surface area contributed by atoms with Gasteiger partial charge in [-0.25, -0.2) is 0 Å². The van der Waals surface area contributed by atoms with Gasteiger partial charge >= 0.3 is 0 Å². The van der Waals surface area contributed by atoms with Gasteiger partial charge in [-0.1, -0.05) is 0 Å². The zero-order valence-corrected chi connectivity index (χ0v) is 9.25. The van der Waals surface area contributed by atoms with Gasteiger partial charge in [0.2, 0.25) is 0 Å². The van der Waals surface area contributed by atoms with Crippen LogP contribution in [0.15, 0.2) is 0 Å². The quantitative estimate of drug-likeness (QED) is 0.706. The SMILES string of the molecule is CC(C)N1CC2CC1CN2.Cl.Cl. The lowest BCUT2D eigenvalue weighted by molar-refractivity contribution is 0.181. The molecule has 2 fully saturated rings. The number of nitrogens with zero attached hydrogens (tertiary/aromatic N) is 1. The molecule has 0 aromatic heterocycles. The van der Waals surface area contributed by atoms with Gasteiger partial charge in [0.05, 0.1) is 0 Å². The molecule has 2 rings (SSSR count). The van der Waals surface area contributed by atoms with E-state index in [2.05, 4.69) is 24.1 Å². The van der Waals surface area contributed by atoms with E-state index >= 15 is 0 Å². The molecular formula is C8H18Cl2N2. The number of likely N-dealkylation sites (tertiary alicyclic amines) is 1. The molecule has 2 aliphatic rings. The predicted octanol–water partition coefficient (Wildman–Crippen LogP) is 1.28. The molecule has 0 spiro atoms. The van der Waals surface area contributed by atoms with Crippen molar-refractivity contribution in [1.82, 2.24) is 10.2 Å².